The number of hydrogen-bond donors (Lipinski definition) is 2. The molecule has 17 heavy (non-hydrogen) atoms. The van der Waals surface area contributed by atoms with Crippen LogP contribution in [-0.4, -0.2) is 38.3 Å². The molecule has 0 aliphatic carbocycles. The smallest absolute Gasteiger partial charge is 0.220 e. The fraction of sp³-hybridized carbons (Fsp3) is 0.923. The number of ether oxygens (including phenoxy) is 1. The highest BCUT2D eigenvalue weighted by molar-refractivity contribution is 5.75. The molecule has 0 aromatic carbocycles. The Balaban J connectivity index is 3.16. The minimum Gasteiger partial charge on any atom is -0.380 e. The third-order valence-electron chi connectivity index (χ3n) is 2.18. The van der Waals surface area contributed by atoms with Crippen molar-refractivity contribution in [2.75, 3.05) is 26.3 Å². The highest BCUT2D eigenvalue weighted by Crippen LogP contribution is 1.97. The van der Waals surface area contributed by atoms with Gasteiger partial charge in [0.05, 0.1) is 6.61 Å². The Morgan fingerprint density at radius 3 is 2.41 bits per heavy atom. The molecule has 0 spiro atoms. The number of carbonyl (C=O) groups is 1. The summed E-state index contributed by atoms with van der Waals surface area (Å²) in [6.07, 6.45) is 1.61. The van der Waals surface area contributed by atoms with E-state index < -0.39 is 0 Å². The van der Waals surface area contributed by atoms with E-state index in [2.05, 4.69) is 24.5 Å². The minimum atomic E-state index is 0.116. The first-order valence-corrected chi connectivity index (χ1v) is 6.60. The molecule has 0 saturated heterocycles. The van der Waals surface area contributed by atoms with Gasteiger partial charge in [-0.2, -0.15) is 0 Å². The van der Waals surface area contributed by atoms with Gasteiger partial charge in [-0.1, -0.05) is 27.7 Å². The predicted octanol–water partition coefficient (Wildman–Crippen LogP) is 1.55. The topological polar surface area (TPSA) is 50.4 Å². The van der Waals surface area contributed by atoms with E-state index in [1.54, 1.807) is 0 Å². The van der Waals surface area contributed by atoms with Crippen molar-refractivity contribution < 1.29 is 9.53 Å². The van der Waals surface area contributed by atoms with Gasteiger partial charge < -0.3 is 15.4 Å². The summed E-state index contributed by atoms with van der Waals surface area (Å²) < 4.78 is 5.42. The molecule has 0 aromatic heterocycles. The first-order valence-electron chi connectivity index (χ1n) is 6.60. The fourth-order valence-corrected chi connectivity index (χ4v) is 1.37. The van der Waals surface area contributed by atoms with Gasteiger partial charge in [-0.25, -0.2) is 0 Å². The Labute approximate surface area is 105 Å². The van der Waals surface area contributed by atoms with Crippen LogP contribution in [-0.2, 0) is 9.53 Å². The lowest BCUT2D eigenvalue weighted by atomic mass is 10.1. The van der Waals surface area contributed by atoms with E-state index in [4.69, 9.17) is 4.74 Å². The fourth-order valence-electron chi connectivity index (χ4n) is 1.37. The predicted molar refractivity (Wildman–Crippen MR) is 71.0 cm³/mol. The van der Waals surface area contributed by atoms with Crippen LogP contribution < -0.4 is 10.6 Å². The van der Waals surface area contributed by atoms with Crippen LogP contribution in [0, 0.1) is 5.92 Å². The van der Waals surface area contributed by atoms with Gasteiger partial charge in [0.1, 0.15) is 0 Å². The van der Waals surface area contributed by atoms with Crippen LogP contribution in [0.15, 0.2) is 0 Å². The first kappa shape index (κ1) is 16.4. The molecule has 0 bridgehead atoms. The molecular formula is C13H28N2O2. The van der Waals surface area contributed by atoms with Crippen molar-refractivity contribution >= 4 is 5.91 Å². The molecule has 1 amide bonds. The number of hydrogen-bond acceptors (Lipinski definition) is 3. The summed E-state index contributed by atoms with van der Waals surface area (Å²) >= 11 is 0. The van der Waals surface area contributed by atoms with Crippen molar-refractivity contribution in [2.45, 2.75) is 46.6 Å². The molecule has 0 heterocycles. The van der Waals surface area contributed by atoms with Gasteiger partial charge in [0.2, 0.25) is 5.91 Å². The van der Waals surface area contributed by atoms with Crippen LogP contribution in [0.25, 0.3) is 0 Å². The van der Waals surface area contributed by atoms with Gasteiger partial charge in [-0.15, -0.1) is 0 Å². The van der Waals surface area contributed by atoms with Gasteiger partial charge in [0.15, 0.2) is 0 Å². The standard InChI is InChI=1S/C13H28N2O2/c1-11(2)10-13(16)15-7-9-17-8-5-6-14-12(3)4/h11-12,14H,5-10H2,1-4H3,(H,15,16). The number of carbonyl (C=O) groups excluding carboxylic acids is 1. The molecule has 0 aliphatic rings. The summed E-state index contributed by atoms with van der Waals surface area (Å²) in [4.78, 5) is 11.3. The Kier molecular flexibility index (Phi) is 10.2. The van der Waals surface area contributed by atoms with Crippen LogP contribution in [0.3, 0.4) is 0 Å². The maximum absolute atomic E-state index is 11.3. The maximum atomic E-state index is 11.3. The lowest BCUT2D eigenvalue weighted by Crippen LogP contribution is -2.28. The van der Waals surface area contributed by atoms with E-state index in [-0.39, 0.29) is 5.91 Å². The summed E-state index contributed by atoms with van der Waals surface area (Å²) in [6, 6.07) is 0.533. The second-order valence-electron chi connectivity index (χ2n) is 5.02. The van der Waals surface area contributed by atoms with Gasteiger partial charge in [-0.05, 0) is 18.9 Å². The molecule has 0 saturated carbocycles. The Morgan fingerprint density at radius 1 is 1.12 bits per heavy atom. The van der Waals surface area contributed by atoms with Crippen molar-refractivity contribution in [2.24, 2.45) is 5.92 Å². The van der Waals surface area contributed by atoms with E-state index in [0.717, 1.165) is 19.6 Å². The molecule has 4 nitrogen and oxygen atoms in total. The van der Waals surface area contributed by atoms with E-state index in [1.165, 1.54) is 0 Å². The SMILES string of the molecule is CC(C)CC(=O)NCCOCCCNC(C)C. The highest BCUT2D eigenvalue weighted by atomic mass is 16.5. The third kappa shape index (κ3) is 13.3. The number of rotatable bonds is 10. The summed E-state index contributed by atoms with van der Waals surface area (Å²) in [6.45, 7) is 11.3. The number of amides is 1. The van der Waals surface area contributed by atoms with Gasteiger partial charge in [-0.3, -0.25) is 4.79 Å². The zero-order chi connectivity index (χ0) is 13.1. The quantitative estimate of drug-likeness (QED) is 0.573. The molecule has 0 atom stereocenters. The molecule has 0 aromatic rings. The monoisotopic (exact) mass is 244 g/mol. The average molecular weight is 244 g/mol. The molecule has 0 aliphatic heterocycles. The lowest BCUT2D eigenvalue weighted by molar-refractivity contribution is -0.122. The molecular weight excluding hydrogens is 216 g/mol. The minimum absolute atomic E-state index is 0.116. The summed E-state index contributed by atoms with van der Waals surface area (Å²) in [5.74, 6) is 0.531. The second-order valence-corrected chi connectivity index (χ2v) is 5.02. The normalized spacial score (nSPS) is 11.2. The van der Waals surface area contributed by atoms with Crippen LogP contribution >= 0.6 is 0 Å². The molecule has 0 rings (SSSR count). The van der Waals surface area contributed by atoms with Crippen LogP contribution in [0.4, 0.5) is 0 Å². The van der Waals surface area contributed by atoms with Crippen molar-refractivity contribution in [1.29, 1.82) is 0 Å². The Bertz CT molecular complexity index is 194. The van der Waals surface area contributed by atoms with E-state index in [9.17, 15) is 4.79 Å². The van der Waals surface area contributed by atoms with Crippen LogP contribution in [0.5, 0.6) is 0 Å². The van der Waals surface area contributed by atoms with Crippen molar-refractivity contribution in [3.05, 3.63) is 0 Å². The Morgan fingerprint density at radius 2 is 1.82 bits per heavy atom. The zero-order valence-corrected chi connectivity index (χ0v) is 11.7. The van der Waals surface area contributed by atoms with Crippen molar-refractivity contribution in [1.82, 2.24) is 10.6 Å². The van der Waals surface area contributed by atoms with E-state index in [1.807, 2.05) is 13.8 Å². The molecule has 4 heteroatoms. The van der Waals surface area contributed by atoms with Gasteiger partial charge in [0, 0.05) is 25.6 Å². The molecule has 102 valence electrons. The summed E-state index contributed by atoms with van der Waals surface area (Å²) in [5, 5.41) is 6.17. The van der Waals surface area contributed by atoms with Crippen LogP contribution in [0.1, 0.15) is 40.5 Å². The summed E-state index contributed by atoms with van der Waals surface area (Å²) in [5.41, 5.74) is 0. The first-order chi connectivity index (χ1) is 8.02. The average Bonchev–Trinajstić information content (AvgIpc) is 2.20. The second kappa shape index (κ2) is 10.5. The molecule has 0 radical (unpaired) electrons. The molecule has 2 N–H and O–H groups in total. The third-order valence-corrected chi connectivity index (χ3v) is 2.18. The Hall–Kier alpha value is -0.610. The van der Waals surface area contributed by atoms with Gasteiger partial charge >= 0.3 is 0 Å². The molecule has 0 fully saturated rings. The van der Waals surface area contributed by atoms with Crippen LogP contribution in [0.2, 0.25) is 0 Å². The van der Waals surface area contributed by atoms with Gasteiger partial charge in [0.25, 0.3) is 0 Å². The largest absolute Gasteiger partial charge is 0.380 e. The zero-order valence-electron chi connectivity index (χ0n) is 11.7. The lowest BCUT2D eigenvalue weighted by Gasteiger charge is -2.09. The highest BCUT2D eigenvalue weighted by Gasteiger charge is 2.02. The van der Waals surface area contributed by atoms with E-state index in [0.29, 0.717) is 31.5 Å². The maximum Gasteiger partial charge on any atom is 0.220 e. The van der Waals surface area contributed by atoms with Crippen molar-refractivity contribution in [3.8, 4) is 0 Å². The number of nitrogens with one attached hydrogen (secondary N) is 2. The van der Waals surface area contributed by atoms with Crippen molar-refractivity contribution in [3.63, 3.8) is 0 Å². The van der Waals surface area contributed by atoms with E-state index >= 15 is 0 Å². The summed E-state index contributed by atoms with van der Waals surface area (Å²) in [7, 11) is 0. The molecule has 0 unspecified atom stereocenters.